The van der Waals surface area contributed by atoms with Gasteiger partial charge in [-0.1, -0.05) is 24.0 Å². The first-order valence-corrected chi connectivity index (χ1v) is 7.86. The van der Waals surface area contributed by atoms with Gasteiger partial charge in [-0.25, -0.2) is 8.42 Å². The number of hydrogen-bond donors (Lipinski definition) is 2. The van der Waals surface area contributed by atoms with Crippen LogP contribution in [0, 0.1) is 11.8 Å². The highest BCUT2D eigenvalue weighted by Gasteiger charge is 2.30. The molecule has 1 unspecified atom stereocenters. The van der Waals surface area contributed by atoms with E-state index >= 15 is 0 Å². The summed E-state index contributed by atoms with van der Waals surface area (Å²) in [6, 6.07) is 6.44. The van der Waals surface area contributed by atoms with Crippen molar-refractivity contribution in [3.63, 3.8) is 0 Å². The molecule has 0 saturated carbocycles. The zero-order valence-electron chi connectivity index (χ0n) is 11.0. The molecule has 5 nitrogen and oxygen atoms in total. The Balaban J connectivity index is 2.39. The van der Waals surface area contributed by atoms with E-state index in [9.17, 15) is 13.5 Å². The number of benzene rings is 1. The van der Waals surface area contributed by atoms with Crippen LogP contribution in [0.25, 0.3) is 0 Å². The van der Waals surface area contributed by atoms with Crippen molar-refractivity contribution in [2.45, 2.75) is 23.8 Å². The average molecular weight is 295 g/mol. The highest BCUT2D eigenvalue weighted by Crippen LogP contribution is 2.23. The highest BCUT2D eigenvalue weighted by molar-refractivity contribution is 7.89. The van der Waals surface area contributed by atoms with E-state index in [0.29, 0.717) is 24.9 Å². The van der Waals surface area contributed by atoms with Crippen LogP contribution >= 0.6 is 0 Å². The summed E-state index contributed by atoms with van der Waals surface area (Å²) in [5.74, 6) is 5.11. The van der Waals surface area contributed by atoms with Gasteiger partial charge in [0.1, 0.15) is 6.61 Å². The van der Waals surface area contributed by atoms with Gasteiger partial charge in [-0.2, -0.15) is 4.31 Å². The SMILES string of the molecule is O=S(=O)(c1ccccc1C#CCO)N1CCCC(O)C1. The second-order valence-corrected chi connectivity index (χ2v) is 6.52. The molecule has 0 bridgehead atoms. The molecule has 1 saturated heterocycles. The Morgan fingerprint density at radius 3 is 2.80 bits per heavy atom. The standard InChI is InChI=1S/C14H17NO4S/c16-10-4-6-12-5-1-2-8-14(12)20(18,19)15-9-3-7-13(17)11-15/h1-2,5,8,13,16-17H,3,7,9-11H2. The van der Waals surface area contributed by atoms with Gasteiger partial charge in [0.15, 0.2) is 0 Å². The quantitative estimate of drug-likeness (QED) is 0.763. The molecular formula is C14H17NO4S. The molecule has 2 N–H and O–H groups in total. The maximum absolute atomic E-state index is 12.6. The smallest absolute Gasteiger partial charge is 0.244 e. The van der Waals surface area contributed by atoms with Gasteiger partial charge in [0.05, 0.1) is 11.0 Å². The number of aliphatic hydroxyl groups excluding tert-OH is 2. The molecule has 0 aliphatic carbocycles. The van der Waals surface area contributed by atoms with E-state index in [2.05, 4.69) is 11.8 Å². The number of nitrogens with zero attached hydrogens (tertiary/aromatic N) is 1. The van der Waals surface area contributed by atoms with Crippen molar-refractivity contribution >= 4 is 10.0 Å². The molecule has 0 aromatic heterocycles. The van der Waals surface area contributed by atoms with Crippen LogP contribution in [0.4, 0.5) is 0 Å². The molecule has 1 fully saturated rings. The van der Waals surface area contributed by atoms with Gasteiger partial charge >= 0.3 is 0 Å². The second-order valence-electron chi connectivity index (χ2n) is 4.62. The third-order valence-electron chi connectivity index (χ3n) is 3.17. The lowest BCUT2D eigenvalue weighted by Crippen LogP contribution is -2.42. The van der Waals surface area contributed by atoms with Crippen LogP contribution in [0.2, 0.25) is 0 Å². The summed E-state index contributed by atoms with van der Waals surface area (Å²) >= 11 is 0. The lowest BCUT2D eigenvalue weighted by atomic mass is 10.1. The van der Waals surface area contributed by atoms with Crippen molar-refractivity contribution in [1.29, 1.82) is 0 Å². The molecule has 6 heteroatoms. The molecule has 0 radical (unpaired) electrons. The number of piperidine rings is 1. The van der Waals surface area contributed by atoms with Gasteiger partial charge in [-0.05, 0) is 25.0 Å². The summed E-state index contributed by atoms with van der Waals surface area (Å²) in [7, 11) is -3.67. The molecule has 1 aromatic rings. The summed E-state index contributed by atoms with van der Waals surface area (Å²) in [4.78, 5) is 0.120. The van der Waals surface area contributed by atoms with E-state index in [-0.39, 0.29) is 18.0 Å². The normalized spacial score (nSPS) is 20.2. The molecule has 1 aliphatic rings. The number of β-amino-alcohol motifs (C(OH)–C–C–N with tert-alkyl or cyclic N) is 1. The molecule has 108 valence electrons. The van der Waals surface area contributed by atoms with E-state index in [4.69, 9.17) is 5.11 Å². The lowest BCUT2D eigenvalue weighted by Gasteiger charge is -2.29. The van der Waals surface area contributed by atoms with Crippen LogP contribution < -0.4 is 0 Å². The van der Waals surface area contributed by atoms with Crippen molar-refractivity contribution in [1.82, 2.24) is 4.31 Å². The number of rotatable bonds is 2. The first-order valence-electron chi connectivity index (χ1n) is 6.42. The van der Waals surface area contributed by atoms with Crippen molar-refractivity contribution in [3.05, 3.63) is 29.8 Å². The van der Waals surface area contributed by atoms with Crippen LogP contribution in [0.5, 0.6) is 0 Å². The van der Waals surface area contributed by atoms with Crippen LogP contribution in [0.3, 0.4) is 0 Å². The fourth-order valence-corrected chi connectivity index (χ4v) is 3.87. The van der Waals surface area contributed by atoms with Gasteiger partial charge in [0, 0.05) is 18.7 Å². The van der Waals surface area contributed by atoms with Gasteiger partial charge in [-0.3, -0.25) is 0 Å². The Kier molecular flexibility index (Phi) is 4.78. The van der Waals surface area contributed by atoms with E-state index in [1.807, 2.05) is 0 Å². The first-order chi connectivity index (χ1) is 9.55. The zero-order chi connectivity index (χ0) is 14.6. The molecule has 1 aliphatic heterocycles. The minimum atomic E-state index is -3.67. The van der Waals surface area contributed by atoms with E-state index < -0.39 is 16.1 Å². The Labute approximate surface area is 118 Å². The zero-order valence-corrected chi connectivity index (χ0v) is 11.8. The van der Waals surface area contributed by atoms with E-state index in [0.717, 1.165) is 0 Å². The van der Waals surface area contributed by atoms with Gasteiger partial charge in [0.25, 0.3) is 0 Å². The average Bonchev–Trinajstić information content (AvgIpc) is 2.45. The summed E-state index contributed by atoms with van der Waals surface area (Å²) in [6.07, 6.45) is 0.650. The summed E-state index contributed by atoms with van der Waals surface area (Å²) < 4.78 is 26.5. The monoisotopic (exact) mass is 295 g/mol. The Morgan fingerprint density at radius 1 is 1.35 bits per heavy atom. The molecule has 0 amide bonds. The van der Waals surface area contributed by atoms with Gasteiger partial charge < -0.3 is 10.2 Å². The fraction of sp³-hybridized carbons (Fsp3) is 0.429. The summed E-state index contributed by atoms with van der Waals surface area (Å²) in [5.41, 5.74) is 0.363. The van der Waals surface area contributed by atoms with Gasteiger partial charge in [0.2, 0.25) is 10.0 Å². The van der Waals surface area contributed by atoms with Crippen LogP contribution in [-0.4, -0.2) is 48.7 Å². The van der Waals surface area contributed by atoms with Crippen LogP contribution in [-0.2, 0) is 10.0 Å². The second kappa shape index (κ2) is 6.37. The molecule has 1 aromatic carbocycles. The predicted octanol–water partition coefficient (Wildman–Crippen LogP) is 0.176. The Bertz CT molecular complexity index is 630. The minimum Gasteiger partial charge on any atom is -0.392 e. The molecule has 20 heavy (non-hydrogen) atoms. The largest absolute Gasteiger partial charge is 0.392 e. The summed E-state index contributed by atoms with van der Waals surface area (Å²) in [6.45, 7) is 0.196. The van der Waals surface area contributed by atoms with Gasteiger partial charge in [-0.15, -0.1) is 0 Å². The summed E-state index contributed by atoms with van der Waals surface area (Å²) in [5, 5.41) is 18.4. The third-order valence-corrected chi connectivity index (χ3v) is 5.09. The topological polar surface area (TPSA) is 77.8 Å². The van der Waals surface area contributed by atoms with Crippen molar-refractivity contribution in [3.8, 4) is 11.8 Å². The van der Waals surface area contributed by atoms with Crippen molar-refractivity contribution in [2.24, 2.45) is 0 Å². The highest BCUT2D eigenvalue weighted by atomic mass is 32.2. The fourth-order valence-electron chi connectivity index (χ4n) is 2.21. The van der Waals surface area contributed by atoms with Crippen LogP contribution in [0.15, 0.2) is 29.2 Å². The van der Waals surface area contributed by atoms with Crippen LogP contribution in [0.1, 0.15) is 18.4 Å². The van der Waals surface area contributed by atoms with E-state index in [1.165, 1.54) is 10.4 Å². The molecular weight excluding hydrogens is 278 g/mol. The predicted molar refractivity (Wildman–Crippen MR) is 74.4 cm³/mol. The molecule has 2 rings (SSSR count). The Hall–Kier alpha value is -1.39. The number of aliphatic hydroxyl groups is 2. The first kappa shape index (κ1) is 15.0. The third kappa shape index (κ3) is 3.19. The maximum atomic E-state index is 12.6. The number of sulfonamides is 1. The maximum Gasteiger partial charge on any atom is 0.244 e. The Morgan fingerprint density at radius 2 is 2.10 bits per heavy atom. The van der Waals surface area contributed by atoms with Crippen molar-refractivity contribution < 1.29 is 18.6 Å². The lowest BCUT2D eigenvalue weighted by molar-refractivity contribution is 0.108. The van der Waals surface area contributed by atoms with Crippen molar-refractivity contribution in [2.75, 3.05) is 19.7 Å². The number of hydrogen-bond acceptors (Lipinski definition) is 4. The minimum absolute atomic E-state index is 0.115. The molecule has 1 heterocycles. The van der Waals surface area contributed by atoms with E-state index in [1.54, 1.807) is 18.2 Å². The molecule has 1 atom stereocenters. The molecule has 0 spiro atoms.